The summed E-state index contributed by atoms with van der Waals surface area (Å²) in [4.78, 5) is 1.78. The number of anilines is 1. The zero-order valence-corrected chi connectivity index (χ0v) is 11.2. The number of ether oxygens (including phenoxy) is 1. The van der Waals surface area contributed by atoms with Crippen molar-refractivity contribution in [3.05, 3.63) is 29.5 Å². The van der Waals surface area contributed by atoms with Gasteiger partial charge < -0.3 is 19.2 Å². The van der Waals surface area contributed by atoms with Crippen LogP contribution in [0.2, 0.25) is 5.02 Å². The van der Waals surface area contributed by atoms with Crippen LogP contribution in [0.5, 0.6) is 11.5 Å². The predicted molar refractivity (Wildman–Crippen MR) is 71.7 cm³/mol. The molecule has 1 aromatic heterocycles. The van der Waals surface area contributed by atoms with Crippen LogP contribution in [0.25, 0.3) is 11.1 Å². The van der Waals surface area contributed by atoms with E-state index in [9.17, 15) is 5.11 Å². The fraction of sp³-hybridized carbons (Fsp3) is 0.231. The quantitative estimate of drug-likeness (QED) is 0.926. The topological polar surface area (TPSA) is 45.8 Å². The molecule has 4 nitrogen and oxygen atoms in total. The normalized spacial score (nSPS) is 10.4. The summed E-state index contributed by atoms with van der Waals surface area (Å²) < 4.78 is 10.5. The minimum Gasteiger partial charge on any atom is -0.504 e. The van der Waals surface area contributed by atoms with E-state index in [1.54, 1.807) is 30.2 Å². The van der Waals surface area contributed by atoms with Crippen LogP contribution in [-0.4, -0.2) is 26.3 Å². The van der Waals surface area contributed by atoms with Crippen molar-refractivity contribution in [1.29, 1.82) is 0 Å². The lowest BCUT2D eigenvalue weighted by Gasteiger charge is -2.12. The molecule has 1 heterocycles. The first-order valence-corrected chi connectivity index (χ1v) is 5.73. The summed E-state index contributed by atoms with van der Waals surface area (Å²) >= 11 is 6.02. The predicted octanol–water partition coefficient (Wildman–Crippen LogP) is 3.38. The van der Waals surface area contributed by atoms with Crippen LogP contribution in [0.3, 0.4) is 0 Å². The van der Waals surface area contributed by atoms with Gasteiger partial charge >= 0.3 is 0 Å². The highest BCUT2D eigenvalue weighted by atomic mass is 35.5. The van der Waals surface area contributed by atoms with E-state index >= 15 is 0 Å². The molecule has 96 valence electrons. The Hall–Kier alpha value is -1.81. The lowest BCUT2D eigenvalue weighted by molar-refractivity contribution is 0.415. The van der Waals surface area contributed by atoms with Crippen molar-refractivity contribution in [3.8, 4) is 22.6 Å². The van der Waals surface area contributed by atoms with Gasteiger partial charge in [-0.05, 0) is 23.8 Å². The second kappa shape index (κ2) is 4.82. The van der Waals surface area contributed by atoms with Crippen molar-refractivity contribution >= 4 is 17.5 Å². The van der Waals surface area contributed by atoms with E-state index in [2.05, 4.69) is 0 Å². The Morgan fingerprint density at radius 3 is 2.61 bits per heavy atom. The van der Waals surface area contributed by atoms with E-state index < -0.39 is 0 Å². The van der Waals surface area contributed by atoms with E-state index in [1.165, 1.54) is 6.26 Å². The maximum Gasteiger partial charge on any atom is 0.206 e. The van der Waals surface area contributed by atoms with Gasteiger partial charge in [-0.15, -0.1) is 0 Å². The molecule has 0 bridgehead atoms. The Morgan fingerprint density at radius 2 is 2.00 bits per heavy atom. The first kappa shape index (κ1) is 12.6. The number of hydrogen-bond donors (Lipinski definition) is 1. The van der Waals surface area contributed by atoms with E-state index in [-0.39, 0.29) is 5.75 Å². The van der Waals surface area contributed by atoms with Crippen LogP contribution < -0.4 is 9.64 Å². The first-order chi connectivity index (χ1) is 8.52. The molecule has 0 aliphatic carbocycles. The van der Waals surface area contributed by atoms with Crippen molar-refractivity contribution in [2.24, 2.45) is 0 Å². The largest absolute Gasteiger partial charge is 0.504 e. The molecule has 0 aliphatic rings. The monoisotopic (exact) mass is 267 g/mol. The number of aromatic hydroxyl groups is 1. The number of hydrogen-bond acceptors (Lipinski definition) is 4. The second-order valence-electron chi connectivity index (χ2n) is 4.08. The average molecular weight is 268 g/mol. The van der Waals surface area contributed by atoms with Gasteiger partial charge in [0.15, 0.2) is 5.75 Å². The molecule has 0 saturated heterocycles. The second-order valence-corrected chi connectivity index (χ2v) is 4.51. The van der Waals surface area contributed by atoms with Gasteiger partial charge in [-0.3, -0.25) is 0 Å². The van der Waals surface area contributed by atoms with Gasteiger partial charge in [-0.2, -0.15) is 0 Å². The van der Waals surface area contributed by atoms with Crippen LogP contribution in [-0.2, 0) is 0 Å². The Balaban J connectivity index is 2.61. The summed E-state index contributed by atoms with van der Waals surface area (Å²) in [6.45, 7) is 0. The van der Waals surface area contributed by atoms with E-state index in [0.717, 1.165) is 5.56 Å². The van der Waals surface area contributed by atoms with Crippen LogP contribution in [0.1, 0.15) is 0 Å². The van der Waals surface area contributed by atoms with Crippen molar-refractivity contribution in [2.75, 3.05) is 26.1 Å². The van der Waals surface area contributed by atoms with Crippen molar-refractivity contribution in [3.63, 3.8) is 0 Å². The molecule has 0 radical (unpaired) electrons. The van der Waals surface area contributed by atoms with Gasteiger partial charge in [0.25, 0.3) is 0 Å². The minimum absolute atomic E-state index is 0.0722. The summed E-state index contributed by atoms with van der Waals surface area (Å²) in [6.07, 6.45) is 1.30. The smallest absolute Gasteiger partial charge is 0.206 e. The third kappa shape index (κ3) is 2.24. The number of benzene rings is 1. The highest BCUT2D eigenvalue weighted by Gasteiger charge is 2.18. The third-order valence-electron chi connectivity index (χ3n) is 2.55. The van der Waals surface area contributed by atoms with Gasteiger partial charge in [0.2, 0.25) is 5.88 Å². The molecule has 1 aromatic carbocycles. The summed E-state index contributed by atoms with van der Waals surface area (Å²) in [5.41, 5.74) is 1.34. The molecule has 0 unspecified atom stereocenters. The molecule has 2 rings (SSSR count). The minimum atomic E-state index is 0.0722. The van der Waals surface area contributed by atoms with Crippen LogP contribution in [0, 0.1) is 0 Å². The molecular weight excluding hydrogens is 254 g/mol. The third-order valence-corrected chi connectivity index (χ3v) is 2.77. The highest BCUT2D eigenvalue weighted by Crippen LogP contribution is 2.41. The van der Waals surface area contributed by atoms with E-state index in [1.807, 2.05) is 14.1 Å². The Bertz CT molecular complexity index is 563. The number of rotatable bonds is 3. The van der Waals surface area contributed by atoms with Gasteiger partial charge in [-0.25, -0.2) is 0 Å². The van der Waals surface area contributed by atoms with Gasteiger partial charge in [0, 0.05) is 19.1 Å². The molecule has 1 N–H and O–H groups in total. The molecule has 18 heavy (non-hydrogen) atoms. The van der Waals surface area contributed by atoms with Gasteiger partial charge in [0.1, 0.15) is 12.0 Å². The molecule has 0 spiro atoms. The number of nitrogens with zero attached hydrogens (tertiary/aromatic N) is 1. The lowest BCUT2D eigenvalue weighted by Crippen LogP contribution is -2.08. The maximum atomic E-state index is 9.88. The SMILES string of the molecule is COc1cc(Cl)cc(-c2c(O)coc2N(C)C)c1. The van der Waals surface area contributed by atoms with Gasteiger partial charge in [-0.1, -0.05) is 11.6 Å². The Morgan fingerprint density at radius 1 is 1.28 bits per heavy atom. The summed E-state index contributed by atoms with van der Waals surface area (Å²) in [5.74, 6) is 1.27. The van der Waals surface area contributed by atoms with Crippen molar-refractivity contribution < 1.29 is 14.3 Å². The Kier molecular flexibility index (Phi) is 3.39. The van der Waals surface area contributed by atoms with Gasteiger partial charge in [0.05, 0.1) is 12.7 Å². The van der Waals surface area contributed by atoms with Crippen LogP contribution in [0.15, 0.2) is 28.9 Å². The molecule has 2 aromatic rings. The van der Waals surface area contributed by atoms with E-state index in [4.69, 9.17) is 20.8 Å². The van der Waals surface area contributed by atoms with Crippen LogP contribution in [0.4, 0.5) is 5.88 Å². The Labute approximate surface area is 110 Å². The summed E-state index contributed by atoms with van der Waals surface area (Å²) in [6, 6.07) is 5.25. The lowest BCUT2D eigenvalue weighted by atomic mass is 10.1. The fourth-order valence-electron chi connectivity index (χ4n) is 1.76. The number of furan rings is 1. The van der Waals surface area contributed by atoms with Crippen LogP contribution >= 0.6 is 11.6 Å². The molecule has 0 saturated carbocycles. The number of methoxy groups -OCH3 is 1. The molecule has 0 amide bonds. The molecule has 0 aliphatic heterocycles. The zero-order valence-electron chi connectivity index (χ0n) is 10.4. The standard InChI is InChI=1S/C13H14ClNO3/c1-15(2)13-12(11(16)7-18-13)8-4-9(14)6-10(5-8)17-3/h4-7,16H,1-3H3. The van der Waals surface area contributed by atoms with Crippen molar-refractivity contribution in [2.45, 2.75) is 0 Å². The van der Waals surface area contributed by atoms with Crippen molar-refractivity contribution in [1.82, 2.24) is 0 Å². The molecule has 0 fully saturated rings. The zero-order chi connectivity index (χ0) is 13.3. The average Bonchev–Trinajstić information content (AvgIpc) is 2.70. The highest BCUT2D eigenvalue weighted by molar-refractivity contribution is 6.31. The number of halogens is 1. The maximum absolute atomic E-state index is 9.88. The fourth-order valence-corrected chi connectivity index (χ4v) is 1.99. The summed E-state index contributed by atoms with van der Waals surface area (Å²) in [7, 11) is 5.24. The molecular formula is C13H14ClNO3. The first-order valence-electron chi connectivity index (χ1n) is 5.35. The van der Waals surface area contributed by atoms with E-state index in [0.29, 0.717) is 22.2 Å². The molecule has 0 atom stereocenters. The summed E-state index contributed by atoms with van der Waals surface area (Å²) in [5, 5.41) is 10.4. The molecule has 5 heteroatoms.